The minimum atomic E-state index is -4.90. The second kappa shape index (κ2) is 5.35. The van der Waals surface area contributed by atoms with Gasteiger partial charge in [-0.1, -0.05) is 15.9 Å². The van der Waals surface area contributed by atoms with E-state index >= 15 is 0 Å². The molecule has 0 N–H and O–H groups in total. The van der Waals surface area contributed by atoms with Gasteiger partial charge in [-0.05, 0) is 22.0 Å². The van der Waals surface area contributed by atoms with Gasteiger partial charge >= 0.3 is 6.18 Å². The lowest BCUT2D eigenvalue weighted by Gasteiger charge is -2.10. The molecule has 9 heteroatoms. The number of nitro groups is 1. The molecule has 4 nitrogen and oxygen atoms in total. The smallest absolute Gasteiger partial charge is 0.293 e. The molecule has 1 rings (SSSR count). The number of ketones is 1. The summed E-state index contributed by atoms with van der Waals surface area (Å²) in [6, 6.07) is 1.16. The van der Waals surface area contributed by atoms with E-state index in [2.05, 4.69) is 31.9 Å². The van der Waals surface area contributed by atoms with Crippen LogP contribution in [0.25, 0.3) is 0 Å². The number of halogens is 5. The fraction of sp³-hybridized carbons (Fsp3) is 0.222. The van der Waals surface area contributed by atoms with Crippen molar-refractivity contribution in [3.63, 3.8) is 0 Å². The number of alkyl halides is 4. The van der Waals surface area contributed by atoms with Gasteiger partial charge in [-0.15, -0.1) is 0 Å². The van der Waals surface area contributed by atoms with Crippen molar-refractivity contribution in [1.82, 2.24) is 0 Å². The summed E-state index contributed by atoms with van der Waals surface area (Å²) in [5, 5.41) is 10.4. The second-order valence-electron chi connectivity index (χ2n) is 3.16. The highest BCUT2D eigenvalue weighted by atomic mass is 79.9. The maximum absolute atomic E-state index is 12.6. The number of carbonyl (C=O) groups is 1. The van der Waals surface area contributed by atoms with Crippen LogP contribution in [0.15, 0.2) is 16.6 Å². The van der Waals surface area contributed by atoms with Gasteiger partial charge in [0.05, 0.1) is 10.3 Å². The molecule has 0 aliphatic heterocycles. The average molecular weight is 391 g/mol. The topological polar surface area (TPSA) is 60.2 Å². The molecule has 18 heavy (non-hydrogen) atoms. The molecule has 0 fully saturated rings. The maximum Gasteiger partial charge on any atom is 0.423 e. The molecule has 1 aromatic carbocycles. The summed E-state index contributed by atoms with van der Waals surface area (Å²) in [6.07, 6.45) is -4.90. The van der Waals surface area contributed by atoms with Crippen LogP contribution < -0.4 is 0 Å². The van der Waals surface area contributed by atoms with Gasteiger partial charge in [0, 0.05) is 16.1 Å². The largest absolute Gasteiger partial charge is 0.423 e. The van der Waals surface area contributed by atoms with Crippen LogP contribution in [0.4, 0.5) is 18.9 Å². The van der Waals surface area contributed by atoms with Gasteiger partial charge in [-0.3, -0.25) is 14.9 Å². The molecule has 0 saturated carbocycles. The van der Waals surface area contributed by atoms with Gasteiger partial charge in [-0.2, -0.15) is 13.2 Å². The monoisotopic (exact) mass is 389 g/mol. The zero-order valence-corrected chi connectivity index (χ0v) is 11.6. The predicted octanol–water partition coefficient (Wildman–Crippen LogP) is 3.95. The Labute approximate surface area is 116 Å². The van der Waals surface area contributed by atoms with E-state index in [4.69, 9.17) is 0 Å². The third-order valence-corrected chi connectivity index (χ3v) is 3.17. The van der Waals surface area contributed by atoms with Crippen LogP contribution in [-0.4, -0.2) is 16.0 Å². The van der Waals surface area contributed by atoms with E-state index in [1.54, 1.807) is 0 Å². The minimum Gasteiger partial charge on any atom is -0.293 e. The number of Topliss-reactive ketones (excluding diaryl/α,β-unsaturated/α-hetero) is 1. The number of carbonyl (C=O) groups excluding carboxylic acids is 1. The van der Waals surface area contributed by atoms with E-state index in [9.17, 15) is 28.1 Å². The molecule has 0 radical (unpaired) electrons. The Kier molecular flexibility index (Phi) is 4.49. The maximum atomic E-state index is 12.6. The number of nitrogens with zero attached hydrogens (tertiary/aromatic N) is 1. The molecule has 0 aliphatic rings. The van der Waals surface area contributed by atoms with E-state index in [-0.39, 0.29) is 15.4 Å². The highest BCUT2D eigenvalue weighted by molar-refractivity contribution is 9.10. The highest BCUT2D eigenvalue weighted by Crippen LogP contribution is 2.39. The van der Waals surface area contributed by atoms with Gasteiger partial charge < -0.3 is 0 Å². The van der Waals surface area contributed by atoms with Gasteiger partial charge in [-0.25, -0.2) is 0 Å². The summed E-state index contributed by atoms with van der Waals surface area (Å²) in [7, 11) is 0. The zero-order chi connectivity index (χ0) is 14.1. The summed E-state index contributed by atoms with van der Waals surface area (Å²) in [6.45, 7) is 0. The quantitative estimate of drug-likeness (QED) is 0.340. The van der Waals surface area contributed by atoms with Crippen molar-refractivity contribution < 1.29 is 22.9 Å². The Morgan fingerprint density at radius 1 is 1.39 bits per heavy atom. The minimum absolute atomic E-state index is 0.0494. The summed E-state index contributed by atoms with van der Waals surface area (Å²) >= 11 is 5.67. The standard InChI is InChI=1S/C9H4Br2F3NO3/c10-3-8(16)4-1-5(9(12,13)14)7(15(17)18)2-6(4)11/h1-2H,3H2. The fourth-order valence-corrected chi connectivity index (χ4v) is 2.08. The van der Waals surface area contributed by atoms with Crippen molar-refractivity contribution in [1.29, 1.82) is 0 Å². The first-order valence-corrected chi connectivity index (χ1v) is 6.24. The van der Waals surface area contributed by atoms with E-state index in [1.165, 1.54) is 0 Å². The van der Waals surface area contributed by atoms with E-state index < -0.39 is 28.1 Å². The molecule has 0 aliphatic carbocycles. The van der Waals surface area contributed by atoms with Crippen molar-refractivity contribution in [3.05, 3.63) is 37.8 Å². The van der Waals surface area contributed by atoms with Gasteiger partial charge in [0.2, 0.25) is 0 Å². The average Bonchev–Trinajstić information content (AvgIpc) is 2.25. The van der Waals surface area contributed by atoms with E-state index in [1.807, 2.05) is 0 Å². The Morgan fingerprint density at radius 2 is 1.94 bits per heavy atom. The molecule has 0 bridgehead atoms. The predicted molar refractivity (Wildman–Crippen MR) is 63.9 cm³/mol. The first kappa shape index (κ1) is 15.1. The SMILES string of the molecule is O=C(CBr)c1cc(C(F)(F)F)c([N+](=O)[O-])cc1Br. The van der Waals surface area contributed by atoms with Crippen molar-refractivity contribution in [2.75, 3.05) is 5.33 Å². The van der Waals surface area contributed by atoms with Crippen molar-refractivity contribution in [2.45, 2.75) is 6.18 Å². The lowest BCUT2D eigenvalue weighted by molar-refractivity contribution is -0.388. The molecule has 98 valence electrons. The molecular weight excluding hydrogens is 387 g/mol. The Bertz CT molecular complexity index is 517. The highest BCUT2D eigenvalue weighted by Gasteiger charge is 2.39. The number of hydrogen-bond acceptors (Lipinski definition) is 3. The molecule has 0 heterocycles. The lowest BCUT2D eigenvalue weighted by Crippen LogP contribution is -2.12. The molecule has 0 saturated heterocycles. The molecule has 0 amide bonds. The third kappa shape index (κ3) is 3.08. The molecule has 0 atom stereocenters. The first-order chi connectivity index (χ1) is 8.18. The van der Waals surface area contributed by atoms with E-state index in [0.717, 1.165) is 0 Å². The molecule has 0 spiro atoms. The summed E-state index contributed by atoms with van der Waals surface area (Å²) in [5.74, 6) is -0.609. The first-order valence-electron chi connectivity index (χ1n) is 4.32. The van der Waals surface area contributed by atoms with Gasteiger partial charge in [0.15, 0.2) is 5.78 Å². The number of nitro benzene ring substituents is 1. The van der Waals surface area contributed by atoms with Crippen LogP contribution >= 0.6 is 31.9 Å². The molecular formula is C9H4Br2F3NO3. The summed E-state index contributed by atoms with van der Waals surface area (Å²) < 4.78 is 37.9. The van der Waals surface area contributed by atoms with Crippen LogP contribution in [0, 0.1) is 10.1 Å². The Balaban J connectivity index is 3.56. The molecule has 0 aromatic heterocycles. The van der Waals surface area contributed by atoms with Crippen LogP contribution in [0.3, 0.4) is 0 Å². The Hall–Kier alpha value is -0.960. The van der Waals surface area contributed by atoms with Crippen LogP contribution in [-0.2, 0) is 6.18 Å². The fourth-order valence-electron chi connectivity index (χ4n) is 1.23. The van der Waals surface area contributed by atoms with Crippen molar-refractivity contribution in [2.24, 2.45) is 0 Å². The third-order valence-electron chi connectivity index (χ3n) is 2.01. The van der Waals surface area contributed by atoms with Crippen molar-refractivity contribution in [3.8, 4) is 0 Å². The summed E-state index contributed by atoms with van der Waals surface area (Å²) in [5.41, 5.74) is -2.80. The zero-order valence-electron chi connectivity index (χ0n) is 8.42. The molecule has 0 unspecified atom stereocenters. The second-order valence-corrected chi connectivity index (χ2v) is 4.58. The van der Waals surface area contributed by atoms with Crippen LogP contribution in [0.2, 0.25) is 0 Å². The Morgan fingerprint density at radius 3 is 2.33 bits per heavy atom. The normalized spacial score (nSPS) is 11.4. The molecule has 1 aromatic rings. The number of rotatable bonds is 3. The van der Waals surface area contributed by atoms with E-state index in [0.29, 0.717) is 12.1 Å². The van der Waals surface area contributed by atoms with Crippen LogP contribution in [0.1, 0.15) is 15.9 Å². The summed E-state index contributed by atoms with van der Waals surface area (Å²) in [4.78, 5) is 20.8. The van der Waals surface area contributed by atoms with Crippen molar-refractivity contribution >= 4 is 43.3 Å². The van der Waals surface area contributed by atoms with Crippen LogP contribution in [0.5, 0.6) is 0 Å². The van der Waals surface area contributed by atoms with Gasteiger partial charge in [0.1, 0.15) is 5.56 Å². The van der Waals surface area contributed by atoms with Gasteiger partial charge in [0.25, 0.3) is 5.69 Å². The lowest BCUT2D eigenvalue weighted by atomic mass is 10.1. The number of hydrogen-bond donors (Lipinski definition) is 0. The number of benzene rings is 1.